The molecule has 1 aliphatic rings. The van der Waals surface area contributed by atoms with E-state index >= 15 is 0 Å². The van der Waals surface area contributed by atoms with Crippen LogP contribution in [0.4, 0.5) is 0 Å². The van der Waals surface area contributed by atoms with E-state index in [1.54, 1.807) is 0 Å². The second-order valence-electron chi connectivity index (χ2n) is 5.46. The zero-order chi connectivity index (χ0) is 12.2. The first-order valence-corrected chi connectivity index (χ1v) is 6.27. The van der Waals surface area contributed by atoms with Crippen LogP contribution in [-0.2, 0) is 14.3 Å². The summed E-state index contributed by atoms with van der Waals surface area (Å²) in [6.07, 6.45) is 4.12. The van der Waals surface area contributed by atoms with Crippen LogP contribution in [-0.4, -0.2) is 24.3 Å². The summed E-state index contributed by atoms with van der Waals surface area (Å²) in [6.45, 7) is 8.52. The highest BCUT2D eigenvalue weighted by atomic mass is 16.6. The lowest BCUT2D eigenvalue weighted by Gasteiger charge is -2.29. The first kappa shape index (κ1) is 13.5. The Kier molecular flexibility index (Phi) is 4.78. The lowest BCUT2D eigenvalue weighted by Crippen LogP contribution is -2.32. The number of carbonyl (C=O) groups excluding carboxylic acids is 1. The minimum atomic E-state index is -0.367. The minimum absolute atomic E-state index is 0.0394. The number of rotatable bonds is 3. The number of esters is 1. The number of hydrogen-bond donors (Lipinski definition) is 0. The van der Waals surface area contributed by atoms with Crippen molar-refractivity contribution < 1.29 is 14.3 Å². The van der Waals surface area contributed by atoms with Gasteiger partial charge in [0.2, 0.25) is 0 Å². The van der Waals surface area contributed by atoms with Gasteiger partial charge in [0.1, 0.15) is 5.60 Å². The highest BCUT2D eigenvalue weighted by molar-refractivity contribution is 5.72. The molecule has 1 saturated carbocycles. The maximum atomic E-state index is 11.8. The standard InChI is InChI=1S/C13H24O3/c1-5-15-11-8-6-10(7-9-11)12(14)16-13(2,3)4/h10-11H,5-9H2,1-4H3. The molecule has 0 aromatic heterocycles. The first-order valence-electron chi connectivity index (χ1n) is 6.27. The number of ether oxygens (including phenoxy) is 2. The summed E-state index contributed by atoms with van der Waals surface area (Å²) < 4.78 is 11.0. The molecule has 3 heteroatoms. The van der Waals surface area contributed by atoms with Crippen LogP contribution in [0.3, 0.4) is 0 Å². The molecule has 0 radical (unpaired) electrons. The van der Waals surface area contributed by atoms with E-state index < -0.39 is 0 Å². The molecule has 0 aromatic carbocycles. The molecule has 0 unspecified atom stereocenters. The molecule has 0 heterocycles. The summed E-state index contributed by atoms with van der Waals surface area (Å²) in [7, 11) is 0. The Labute approximate surface area is 98.5 Å². The summed E-state index contributed by atoms with van der Waals surface area (Å²) in [5.74, 6) is 0.0402. The average Bonchev–Trinajstić information content (AvgIpc) is 2.16. The smallest absolute Gasteiger partial charge is 0.309 e. The predicted molar refractivity (Wildman–Crippen MR) is 63.2 cm³/mol. The third-order valence-corrected chi connectivity index (χ3v) is 2.82. The molecule has 0 bridgehead atoms. The van der Waals surface area contributed by atoms with Crippen LogP contribution in [0.5, 0.6) is 0 Å². The lowest BCUT2D eigenvalue weighted by atomic mass is 9.87. The second kappa shape index (κ2) is 5.67. The van der Waals surface area contributed by atoms with E-state index in [9.17, 15) is 4.79 Å². The molecule has 1 rings (SSSR count). The van der Waals surface area contributed by atoms with E-state index in [2.05, 4.69) is 0 Å². The molecule has 0 N–H and O–H groups in total. The summed E-state index contributed by atoms with van der Waals surface area (Å²) in [6, 6.07) is 0. The quantitative estimate of drug-likeness (QED) is 0.697. The van der Waals surface area contributed by atoms with Crippen molar-refractivity contribution in [2.24, 2.45) is 5.92 Å². The molecule has 0 atom stereocenters. The van der Waals surface area contributed by atoms with Gasteiger partial charge in [0.15, 0.2) is 0 Å². The van der Waals surface area contributed by atoms with Crippen molar-refractivity contribution in [3.05, 3.63) is 0 Å². The fraction of sp³-hybridized carbons (Fsp3) is 0.923. The largest absolute Gasteiger partial charge is 0.460 e. The van der Waals surface area contributed by atoms with E-state index in [1.807, 2.05) is 27.7 Å². The highest BCUT2D eigenvalue weighted by Gasteiger charge is 2.29. The molecule has 0 aliphatic heterocycles. The molecule has 94 valence electrons. The van der Waals surface area contributed by atoms with E-state index in [4.69, 9.17) is 9.47 Å². The summed E-state index contributed by atoms with van der Waals surface area (Å²) in [5, 5.41) is 0. The highest BCUT2D eigenvalue weighted by Crippen LogP contribution is 2.28. The van der Waals surface area contributed by atoms with Gasteiger partial charge in [-0.1, -0.05) is 0 Å². The van der Waals surface area contributed by atoms with Crippen molar-refractivity contribution >= 4 is 5.97 Å². The van der Waals surface area contributed by atoms with Gasteiger partial charge < -0.3 is 9.47 Å². The van der Waals surface area contributed by atoms with Gasteiger partial charge in [-0.05, 0) is 53.4 Å². The zero-order valence-corrected chi connectivity index (χ0v) is 10.9. The second-order valence-corrected chi connectivity index (χ2v) is 5.46. The molecular weight excluding hydrogens is 204 g/mol. The molecule has 16 heavy (non-hydrogen) atoms. The van der Waals surface area contributed by atoms with Gasteiger partial charge in [-0.3, -0.25) is 4.79 Å². The fourth-order valence-electron chi connectivity index (χ4n) is 2.09. The lowest BCUT2D eigenvalue weighted by molar-refractivity contribution is -0.162. The van der Waals surface area contributed by atoms with Crippen molar-refractivity contribution in [1.82, 2.24) is 0 Å². The third kappa shape index (κ3) is 4.52. The SMILES string of the molecule is CCOC1CCC(C(=O)OC(C)(C)C)CC1. The minimum Gasteiger partial charge on any atom is -0.460 e. The van der Waals surface area contributed by atoms with Crippen molar-refractivity contribution in [1.29, 1.82) is 0 Å². The monoisotopic (exact) mass is 228 g/mol. The average molecular weight is 228 g/mol. The maximum Gasteiger partial charge on any atom is 0.309 e. The van der Waals surface area contributed by atoms with Crippen LogP contribution in [0.25, 0.3) is 0 Å². The van der Waals surface area contributed by atoms with Gasteiger partial charge in [-0.25, -0.2) is 0 Å². The third-order valence-electron chi connectivity index (χ3n) is 2.82. The Morgan fingerprint density at radius 1 is 1.19 bits per heavy atom. The van der Waals surface area contributed by atoms with E-state index in [0.717, 1.165) is 32.3 Å². The topological polar surface area (TPSA) is 35.5 Å². The molecule has 0 saturated heterocycles. The van der Waals surface area contributed by atoms with Crippen LogP contribution in [0.15, 0.2) is 0 Å². The first-order chi connectivity index (χ1) is 7.42. The molecule has 1 fully saturated rings. The van der Waals surface area contributed by atoms with Crippen LogP contribution < -0.4 is 0 Å². The maximum absolute atomic E-state index is 11.8. The van der Waals surface area contributed by atoms with Gasteiger partial charge >= 0.3 is 5.97 Å². The Balaban J connectivity index is 2.33. The van der Waals surface area contributed by atoms with Crippen molar-refractivity contribution in [2.75, 3.05) is 6.61 Å². The van der Waals surface area contributed by atoms with E-state index in [1.165, 1.54) is 0 Å². The normalized spacial score (nSPS) is 26.5. The van der Waals surface area contributed by atoms with Gasteiger partial charge in [-0.2, -0.15) is 0 Å². The zero-order valence-electron chi connectivity index (χ0n) is 10.9. The van der Waals surface area contributed by atoms with Crippen LogP contribution in [0.2, 0.25) is 0 Å². The Hall–Kier alpha value is -0.570. The molecule has 0 spiro atoms. The van der Waals surface area contributed by atoms with Gasteiger partial charge in [-0.15, -0.1) is 0 Å². The molecule has 1 aliphatic carbocycles. The van der Waals surface area contributed by atoms with E-state index in [-0.39, 0.29) is 17.5 Å². The molecule has 0 aromatic rings. The Morgan fingerprint density at radius 2 is 1.75 bits per heavy atom. The number of hydrogen-bond acceptors (Lipinski definition) is 3. The Morgan fingerprint density at radius 3 is 2.19 bits per heavy atom. The summed E-state index contributed by atoms with van der Waals surface area (Å²) >= 11 is 0. The van der Waals surface area contributed by atoms with Crippen LogP contribution in [0.1, 0.15) is 53.4 Å². The summed E-state index contributed by atoms with van der Waals surface area (Å²) in [4.78, 5) is 11.8. The molecule has 3 nitrogen and oxygen atoms in total. The Bertz CT molecular complexity index is 222. The van der Waals surface area contributed by atoms with Crippen molar-refractivity contribution in [3.63, 3.8) is 0 Å². The van der Waals surface area contributed by atoms with Gasteiger partial charge in [0.25, 0.3) is 0 Å². The van der Waals surface area contributed by atoms with Gasteiger partial charge in [0, 0.05) is 6.61 Å². The van der Waals surface area contributed by atoms with Crippen LogP contribution in [0, 0.1) is 5.92 Å². The fourth-order valence-corrected chi connectivity index (χ4v) is 2.09. The van der Waals surface area contributed by atoms with Gasteiger partial charge in [0.05, 0.1) is 12.0 Å². The number of carbonyl (C=O) groups is 1. The van der Waals surface area contributed by atoms with Crippen LogP contribution >= 0.6 is 0 Å². The van der Waals surface area contributed by atoms with Crippen molar-refractivity contribution in [2.45, 2.75) is 65.1 Å². The predicted octanol–water partition coefficient (Wildman–Crippen LogP) is 2.92. The van der Waals surface area contributed by atoms with E-state index in [0.29, 0.717) is 6.10 Å². The molecule has 0 amide bonds. The molecular formula is C13H24O3. The van der Waals surface area contributed by atoms with Crippen molar-refractivity contribution in [3.8, 4) is 0 Å². The summed E-state index contributed by atoms with van der Waals surface area (Å²) in [5.41, 5.74) is -0.367.